The minimum atomic E-state index is 0.161. The zero-order valence-corrected chi connectivity index (χ0v) is 12.2. The fraction of sp³-hybridized carbons (Fsp3) is 0.308. The van der Waals surface area contributed by atoms with Crippen LogP contribution in [0.25, 0.3) is 0 Å². The van der Waals surface area contributed by atoms with Crippen LogP contribution in [0.15, 0.2) is 29.1 Å². The zero-order valence-electron chi connectivity index (χ0n) is 10.6. The van der Waals surface area contributed by atoms with Gasteiger partial charge in [-0.3, -0.25) is 0 Å². The molecule has 0 aliphatic rings. The highest BCUT2D eigenvalue weighted by atomic mass is 35.5. The molecule has 0 saturated heterocycles. The Morgan fingerprint density at radius 2 is 2.17 bits per heavy atom. The molecule has 1 heterocycles. The molecule has 0 aliphatic carbocycles. The van der Waals surface area contributed by atoms with Crippen molar-refractivity contribution in [3.63, 3.8) is 0 Å². The highest BCUT2D eigenvalue weighted by molar-refractivity contribution is 7.07. The van der Waals surface area contributed by atoms with Crippen molar-refractivity contribution in [3.8, 4) is 0 Å². The van der Waals surface area contributed by atoms with Gasteiger partial charge in [-0.15, -0.1) is 11.3 Å². The van der Waals surface area contributed by atoms with Gasteiger partial charge < -0.3 is 10.2 Å². The van der Waals surface area contributed by atoms with Gasteiger partial charge in [0.25, 0.3) is 0 Å². The number of nitrogens with one attached hydrogen (secondary N) is 1. The number of aromatic nitrogens is 1. The summed E-state index contributed by atoms with van der Waals surface area (Å²) in [5, 5.41) is 6.25. The number of rotatable bonds is 4. The lowest BCUT2D eigenvalue weighted by Crippen LogP contribution is -2.14. The molecule has 2 aromatic rings. The Bertz CT molecular complexity index is 511. The average molecular weight is 282 g/mol. The molecule has 1 N–H and O–H groups in total. The highest BCUT2D eigenvalue weighted by Gasteiger charge is 2.13. The van der Waals surface area contributed by atoms with Crippen molar-refractivity contribution >= 4 is 34.3 Å². The Morgan fingerprint density at radius 3 is 2.78 bits per heavy atom. The molecule has 3 nitrogen and oxygen atoms in total. The summed E-state index contributed by atoms with van der Waals surface area (Å²) in [6, 6.07) is 6.04. The second kappa shape index (κ2) is 5.59. The van der Waals surface area contributed by atoms with E-state index in [9.17, 15) is 0 Å². The molecule has 0 amide bonds. The van der Waals surface area contributed by atoms with Crippen LogP contribution in [0.3, 0.4) is 0 Å². The Hall–Kier alpha value is -1.26. The number of nitrogens with zero attached hydrogens (tertiary/aromatic N) is 2. The quantitative estimate of drug-likeness (QED) is 0.917. The molecule has 0 spiro atoms. The highest BCUT2D eigenvalue weighted by Crippen LogP contribution is 2.34. The van der Waals surface area contributed by atoms with Gasteiger partial charge in [0.1, 0.15) is 0 Å². The van der Waals surface area contributed by atoms with Crippen molar-refractivity contribution in [3.05, 3.63) is 39.8 Å². The van der Waals surface area contributed by atoms with E-state index in [1.165, 1.54) is 0 Å². The summed E-state index contributed by atoms with van der Waals surface area (Å²) in [5.74, 6) is 0. The maximum atomic E-state index is 6.24. The fourth-order valence-corrected chi connectivity index (χ4v) is 2.82. The lowest BCUT2D eigenvalue weighted by Gasteiger charge is -2.22. The van der Waals surface area contributed by atoms with Crippen LogP contribution >= 0.6 is 22.9 Å². The molecule has 1 aromatic heterocycles. The van der Waals surface area contributed by atoms with Crippen molar-refractivity contribution < 1.29 is 0 Å². The number of hydrogen-bond donors (Lipinski definition) is 1. The van der Waals surface area contributed by atoms with Gasteiger partial charge in [0.2, 0.25) is 0 Å². The van der Waals surface area contributed by atoms with Crippen LogP contribution in [0, 0.1) is 0 Å². The summed E-state index contributed by atoms with van der Waals surface area (Å²) in [6.45, 7) is 2.09. The topological polar surface area (TPSA) is 28.2 Å². The van der Waals surface area contributed by atoms with Gasteiger partial charge in [0.05, 0.1) is 33.6 Å². The average Bonchev–Trinajstić information content (AvgIpc) is 2.81. The molecule has 0 aliphatic heterocycles. The SMILES string of the molecule is CC(Nc1cccc(Cl)c1N(C)C)c1cscn1. The molecule has 2 rings (SSSR count). The van der Waals surface area contributed by atoms with Crippen LogP contribution < -0.4 is 10.2 Å². The smallest absolute Gasteiger partial charge is 0.0795 e. The van der Waals surface area contributed by atoms with Gasteiger partial charge in [-0.05, 0) is 19.1 Å². The first-order chi connectivity index (χ1) is 8.59. The van der Waals surface area contributed by atoms with Crippen molar-refractivity contribution in [2.75, 3.05) is 24.3 Å². The molecule has 0 fully saturated rings. The predicted octanol–water partition coefficient (Wildman–Crippen LogP) is 4.04. The van der Waals surface area contributed by atoms with Crippen LogP contribution in [-0.2, 0) is 0 Å². The standard InChI is InChI=1S/C13H16ClN3S/c1-9(12-7-18-8-15-12)16-11-6-4-5-10(14)13(11)17(2)3/h4-9,16H,1-3H3. The molecule has 0 bridgehead atoms. The van der Waals surface area contributed by atoms with E-state index in [0.29, 0.717) is 0 Å². The summed E-state index contributed by atoms with van der Waals surface area (Å²) < 4.78 is 0. The normalized spacial score (nSPS) is 12.2. The third kappa shape index (κ3) is 2.76. The Morgan fingerprint density at radius 1 is 1.39 bits per heavy atom. The Kier molecular flexibility index (Phi) is 4.09. The number of thiazole rings is 1. The third-order valence-corrected chi connectivity index (χ3v) is 3.61. The second-order valence-corrected chi connectivity index (χ2v) is 5.44. The molecular formula is C13H16ClN3S. The van der Waals surface area contributed by atoms with Gasteiger partial charge in [0.15, 0.2) is 0 Å². The van der Waals surface area contributed by atoms with E-state index in [1.807, 2.05) is 42.7 Å². The van der Waals surface area contributed by atoms with Crippen LogP contribution in [-0.4, -0.2) is 19.1 Å². The first-order valence-electron chi connectivity index (χ1n) is 5.70. The number of hydrogen-bond acceptors (Lipinski definition) is 4. The van der Waals surface area contributed by atoms with E-state index < -0.39 is 0 Å². The van der Waals surface area contributed by atoms with Crippen molar-refractivity contribution in [2.45, 2.75) is 13.0 Å². The van der Waals surface area contributed by atoms with E-state index in [-0.39, 0.29) is 6.04 Å². The lowest BCUT2D eigenvalue weighted by atomic mass is 10.2. The zero-order chi connectivity index (χ0) is 13.1. The molecule has 5 heteroatoms. The molecule has 96 valence electrons. The minimum absolute atomic E-state index is 0.161. The maximum Gasteiger partial charge on any atom is 0.0795 e. The van der Waals surface area contributed by atoms with E-state index in [2.05, 4.69) is 22.6 Å². The summed E-state index contributed by atoms with van der Waals surface area (Å²) in [7, 11) is 3.97. The molecule has 18 heavy (non-hydrogen) atoms. The summed E-state index contributed by atoms with van der Waals surface area (Å²) in [4.78, 5) is 6.33. The number of benzene rings is 1. The van der Waals surface area contributed by atoms with Gasteiger partial charge in [-0.25, -0.2) is 4.98 Å². The predicted molar refractivity (Wildman–Crippen MR) is 79.9 cm³/mol. The van der Waals surface area contributed by atoms with Crippen molar-refractivity contribution in [1.29, 1.82) is 0 Å². The van der Waals surface area contributed by atoms with E-state index in [4.69, 9.17) is 11.6 Å². The van der Waals surface area contributed by atoms with E-state index in [1.54, 1.807) is 11.3 Å². The van der Waals surface area contributed by atoms with Gasteiger partial charge >= 0.3 is 0 Å². The van der Waals surface area contributed by atoms with Gasteiger partial charge in [-0.2, -0.15) is 0 Å². The molecule has 0 radical (unpaired) electrons. The molecule has 1 atom stereocenters. The first-order valence-corrected chi connectivity index (χ1v) is 7.02. The Labute approximate surface area is 116 Å². The minimum Gasteiger partial charge on any atom is -0.375 e. The van der Waals surface area contributed by atoms with Crippen molar-refractivity contribution in [2.24, 2.45) is 0 Å². The van der Waals surface area contributed by atoms with Gasteiger partial charge in [-0.1, -0.05) is 17.7 Å². The fourth-order valence-electron chi connectivity index (χ4n) is 1.83. The summed E-state index contributed by atoms with van der Waals surface area (Å²) >= 11 is 7.84. The van der Waals surface area contributed by atoms with Crippen LogP contribution in [0.1, 0.15) is 18.7 Å². The molecule has 0 saturated carbocycles. The summed E-state index contributed by atoms with van der Waals surface area (Å²) in [5.41, 5.74) is 4.91. The van der Waals surface area contributed by atoms with Gasteiger partial charge in [0, 0.05) is 19.5 Å². The van der Waals surface area contributed by atoms with E-state index >= 15 is 0 Å². The third-order valence-electron chi connectivity index (χ3n) is 2.70. The number of anilines is 2. The largest absolute Gasteiger partial charge is 0.375 e. The van der Waals surface area contributed by atoms with E-state index in [0.717, 1.165) is 22.1 Å². The molecular weight excluding hydrogens is 266 g/mol. The van der Waals surface area contributed by atoms with Crippen LogP contribution in [0.2, 0.25) is 5.02 Å². The maximum absolute atomic E-state index is 6.24. The van der Waals surface area contributed by atoms with Crippen LogP contribution in [0.4, 0.5) is 11.4 Å². The number of halogens is 1. The first kappa shape index (κ1) is 13.2. The lowest BCUT2D eigenvalue weighted by molar-refractivity contribution is 0.849. The number of para-hydroxylation sites is 1. The summed E-state index contributed by atoms with van der Waals surface area (Å²) in [6.07, 6.45) is 0. The monoisotopic (exact) mass is 281 g/mol. The van der Waals surface area contributed by atoms with Crippen LogP contribution in [0.5, 0.6) is 0 Å². The van der Waals surface area contributed by atoms with Crippen molar-refractivity contribution in [1.82, 2.24) is 4.98 Å². The molecule has 1 unspecified atom stereocenters. The molecule has 1 aromatic carbocycles. The second-order valence-electron chi connectivity index (χ2n) is 4.31. The Balaban J connectivity index is 2.26.